The lowest BCUT2D eigenvalue weighted by Crippen LogP contribution is -2.09. The fourth-order valence-electron chi connectivity index (χ4n) is 1.81. The third-order valence-electron chi connectivity index (χ3n) is 2.72. The van der Waals surface area contributed by atoms with Crippen LogP contribution in [-0.4, -0.2) is 12.1 Å². The van der Waals surface area contributed by atoms with Crippen LogP contribution in [-0.2, 0) is 6.18 Å². The lowest BCUT2D eigenvalue weighted by molar-refractivity contribution is -0.137. The lowest BCUT2D eigenvalue weighted by atomic mass is 10.0. The van der Waals surface area contributed by atoms with E-state index in [4.69, 9.17) is 39.5 Å². The van der Waals surface area contributed by atoms with E-state index in [9.17, 15) is 13.2 Å². The van der Waals surface area contributed by atoms with Crippen molar-refractivity contribution < 1.29 is 17.9 Å². The standard InChI is InChI=1S/C13H7Cl3F3NO/c1-21-12-9(7(4-5-20-12)13(17,18)19)6-2-3-8(14)11(16)10(6)15/h2-5H,1H3. The first-order chi connectivity index (χ1) is 9.77. The first-order valence-electron chi connectivity index (χ1n) is 5.51. The molecule has 21 heavy (non-hydrogen) atoms. The molecule has 0 saturated carbocycles. The number of hydrogen-bond donors (Lipinski definition) is 0. The van der Waals surface area contributed by atoms with Gasteiger partial charge in [0.1, 0.15) is 0 Å². The number of hydrogen-bond acceptors (Lipinski definition) is 2. The first kappa shape index (κ1) is 16.2. The summed E-state index contributed by atoms with van der Waals surface area (Å²) in [5.74, 6) is -0.204. The van der Waals surface area contributed by atoms with Gasteiger partial charge in [0.2, 0.25) is 5.88 Å². The topological polar surface area (TPSA) is 22.1 Å². The van der Waals surface area contributed by atoms with Crippen molar-refractivity contribution in [3.63, 3.8) is 0 Å². The number of nitrogens with zero attached hydrogens (tertiary/aromatic N) is 1. The van der Waals surface area contributed by atoms with Gasteiger partial charge in [-0.05, 0) is 12.1 Å². The van der Waals surface area contributed by atoms with E-state index in [2.05, 4.69) is 4.98 Å². The average molecular weight is 357 g/mol. The van der Waals surface area contributed by atoms with E-state index in [1.165, 1.54) is 19.2 Å². The Kier molecular flexibility index (Phi) is 4.56. The van der Waals surface area contributed by atoms with Crippen molar-refractivity contribution >= 4 is 34.8 Å². The third kappa shape index (κ3) is 3.05. The highest BCUT2D eigenvalue weighted by Crippen LogP contribution is 2.46. The van der Waals surface area contributed by atoms with Gasteiger partial charge in [0.05, 0.1) is 33.3 Å². The normalized spacial score (nSPS) is 11.6. The van der Waals surface area contributed by atoms with Crippen molar-refractivity contribution in [3.05, 3.63) is 45.0 Å². The summed E-state index contributed by atoms with van der Waals surface area (Å²) in [7, 11) is 1.22. The molecule has 0 bridgehead atoms. The van der Waals surface area contributed by atoms with Crippen LogP contribution in [0.2, 0.25) is 15.1 Å². The fourth-order valence-corrected chi connectivity index (χ4v) is 2.44. The molecule has 0 saturated heterocycles. The van der Waals surface area contributed by atoms with Crippen LogP contribution >= 0.6 is 34.8 Å². The number of methoxy groups -OCH3 is 1. The second-order valence-electron chi connectivity index (χ2n) is 3.96. The Morgan fingerprint density at radius 3 is 2.29 bits per heavy atom. The van der Waals surface area contributed by atoms with Crippen molar-refractivity contribution in [2.75, 3.05) is 7.11 Å². The molecule has 0 aliphatic heterocycles. The molecule has 2 aromatic rings. The van der Waals surface area contributed by atoms with Gasteiger partial charge in [0.15, 0.2) is 0 Å². The summed E-state index contributed by atoms with van der Waals surface area (Å²) in [6.45, 7) is 0. The Balaban J connectivity index is 2.83. The van der Waals surface area contributed by atoms with Gasteiger partial charge < -0.3 is 4.74 Å². The zero-order valence-corrected chi connectivity index (χ0v) is 12.7. The van der Waals surface area contributed by atoms with Gasteiger partial charge in [-0.3, -0.25) is 0 Å². The van der Waals surface area contributed by atoms with Gasteiger partial charge in [-0.25, -0.2) is 4.98 Å². The molecule has 0 aliphatic rings. The Morgan fingerprint density at radius 1 is 1.05 bits per heavy atom. The highest BCUT2D eigenvalue weighted by Gasteiger charge is 2.36. The minimum Gasteiger partial charge on any atom is -0.481 e. The molecule has 1 aromatic carbocycles. The minimum atomic E-state index is -4.60. The van der Waals surface area contributed by atoms with Gasteiger partial charge in [-0.15, -0.1) is 0 Å². The van der Waals surface area contributed by atoms with Crippen molar-refractivity contribution in [2.45, 2.75) is 6.18 Å². The van der Waals surface area contributed by atoms with Gasteiger partial charge in [-0.2, -0.15) is 13.2 Å². The third-order valence-corrected chi connectivity index (χ3v) is 4.01. The monoisotopic (exact) mass is 355 g/mol. The molecule has 1 aromatic heterocycles. The molecule has 2 nitrogen and oxygen atoms in total. The number of rotatable bonds is 2. The first-order valence-corrected chi connectivity index (χ1v) is 6.64. The van der Waals surface area contributed by atoms with Crippen LogP contribution in [0.4, 0.5) is 13.2 Å². The van der Waals surface area contributed by atoms with Gasteiger partial charge in [0, 0.05) is 11.8 Å². The molecule has 112 valence electrons. The van der Waals surface area contributed by atoms with Crippen LogP contribution in [0.1, 0.15) is 5.56 Å². The molecular weight excluding hydrogens is 350 g/mol. The smallest absolute Gasteiger partial charge is 0.417 e. The number of benzene rings is 1. The van der Waals surface area contributed by atoms with E-state index >= 15 is 0 Å². The molecule has 0 radical (unpaired) electrons. The van der Waals surface area contributed by atoms with Gasteiger partial charge >= 0.3 is 6.18 Å². The molecule has 0 unspecified atom stereocenters. The second kappa shape index (κ2) is 5.91. The number of halogens is 6. The van der Waals surface area contributed by atoms with E-state index in [0.29, 0.717) is 0 Å². The summed E-state index contributed by atoms with van der Waals surface area (Å²) in [6, 6.07) is 3.54. The number of ether oxygens (including phenoxy) is 1. The molecule has 0 spiro atoms. The molecule has 0 atom stereocenters. The Hall–Kier alpha value is -1.17. The van der Waals surface area contributed by atoms with E-state index < -0.39 is 11.7 Å². The number of aromatic nitrogens is 1. The van der Waals surface area contributed by atoms with Crippen LogP contribution in [0, 0.1) is 0 Å². The summed E-state index contributed by atoms with van der Waals surface area (Å²) in [6.07, 6.45) is -3.59. The van der Waals surface area contributed by atoms with E-state index in [-0.39, 0.29) is 32.1 Å². The molecule has 0 fully saturated rings. The Bertz CT molecular complexity index is 689. The van der Waals surface area contributed by atoms with Crippen molar-refractivity contribution in [2.24, 2.45) is 0 Å². The molecule has 2 rings (SSSR count). The molecule has 0 aliphatic carbocycles. The zero-order chi connectivity index (χ0) is 15.8. The fraction of sp³-hybridized carbons (Fsp3) is 0.154. The van der Waals surface area contributed by atoms with Crippen molar-refractivity contribution in [1.82, 2.24) is 4.98 Å². The average Bonchev–Trinajstić information content (AvgIpc) is 2.43. The van der Waals surface area contributed by atoms with Gasteiger partial charge in [0.25, 0.3) is 0 Å². The number of pyridine rings is 1. The van der Waals surface area contributed by atoms with E-state index in [1.54, 1.807) is 0 Å². The van der Waals surface area contributed by atoms with Crippen LogP contribution < -0.4 is 4.74 Å². The predicted octanol–water partition coefficient (Wildman–Crippen LogP) is 5.74. The zero-order valence-electron chi connectivity index (χ0n) is 10.4. The molecular formula is C13H7Cl3F3NO. The van der Waals surface area contributed by atoms with E-state index in [0.717, 1.165) is 12.3 Å². The summed E-state index contributed by atoms with van der Waals surface area (Å²) >= 11 is 17.7. The van der Waals surface area contributed by atoms with Crippen molar-refractivity contribution in [1.29, 1.82) is 0 Å². The van der Waals surface area contributed by atoms with Crippen LogP contribution in [0.3, 0.4) is 0 Å². The highest BCUT2D eigenvalue weighted by atomic mass is 35.5. The molecule has 0 amide bonds. The maximum absolute atomic E-state index is 13.2. The molecule has 0 N–H and O–H groups in total. The predicted molar refractivity (Wildman–Crippen MR) is 76.3 cm³/mol. The van der Waals surface area contributed by atoms with Crippen molar-refractivity contribution in [3.8, 4) is 17.0 Å². The lowest BCUT2D eigenvalue weighted by Gasteiger charge is -2.17. The SMILES string of the molecule is COc1nccc(C(F)(F)F)c1-c1ccc(Cl)c(Cl)c1Cl. The quantitative estimate of drug-likeness (QED) is 0.640. The van der Waals surface area contributed by atoms with Crippen LogP contribution in [0.5, 0.6) is 5.88 Å². The summed E-state index contributed by atoms with van der Waals surface area (Å²) < 4.78 is 44.4. The number of alkyl halides is 3. The molecule has 8 heteroatoms. The van der Waals surface area contributed by atoms with Crippen LogP contribution in [0.15, 0.2) is 24.4 Å². The summed E-state index contributed by atoms with van der Waals surface area (Å²) in [5.41, 5.74) is -1.16. The second-order valence-corrected chi connectivity index (χ2v) is 5.13. The Labute approximate surface area is 133 Å². The molecule has 1 heterocycles. The summed E-state index contributed by atoms with van der Waals surface area (Å²) in [5, 5.41) is 0.0117. The van der Waals surface area contributed by atoms with Gasteiger partial charge in [-0.1, -0.05) is 40.9 Å². The Morgan fingerprint density at radius 2 is 1.71 bits per heavy atom. The largest absolute Gasteiger partial charge is 0.481 e. The van der Waals surface area contributed by atoms with E-state index in [1.807, 2.05) is 0 Å². The maximum Gasteiger partial charge on any atom is 0.417 e. The summed E-state index contributed by atoms with van der Waals surface area (Å²) in [4.78, 5) is 3.78. The van der Waals surface area contributed by atoms with Crippen LogP contribution in [0.25, 0.3) is 11.1 Å². The maximum atomic E-state index is 13.2. The minimum absolute atomic E-state index is 0.0325. The highest BCUT2D eigenvalue weighted by molar-refractivity contribution is 6.49.